The Morgan fingerprint density at radius 2 is 2.24 bits per heavy atom. The summed E-state index contributed by atoms with van der Waals surface area (Å²) in [5.74, 6) is -0.167. The van der Waals surface area contributed by atoms with E-state index in [9.17, 15) is 4.39 Å². The number of thiophene rings is 1. The van der Waals surface area contributed by atoms with E-state index >= 15 is 0 Å². The lowest BCUT2D eigenvalue weighted by Gasteiger charge is -2.19. The molecule has 0 fully saturated rings. The molecule has 0 saturated carbocycles. The third-order valence-electron chi connectivity index (χ3n) is 3.22. The first-order valence-electron chi connectivity index (χ1n) is 5.86. The van der Waals surface area contributed by atoms with Gasteiger partial charge in [-0.3, -0.25) is 0 Å². The third kappa shape index (κ3) is 2.01. The van der Waals surface area contributed by atoms with Crippen molar-refractivity contribution >= 4 is 11.3 Å². The minimum absolute atomic E-state index is 0.167. The number of fused-ring (bicyclic) bond motifs is 1. The summed E-state index contributed by atoms with van der Waals surface area (Å²) in [7, 11) is 0. The van der Waals surface area contributed by atoms with Crippen LogP contribution in [-0.4, -0.2) is 6.54 Å². The van der Waals surface area contributed by atoms with Gasteiger partial charge in [-0.05, 0) is 42.7 Å². The molecule has 17 heavy (non-hydrogen) atoms. The van der Waals surface area contributed by atoms with E-state index < -0.39 is 0 Å². The highest BCUT2D eigenvalue weighted by Gasteiger charge is 2.19. The lowest BCUT2D eigenvalue weighted by atomic mass is 10.0. The van der Waals surface area contributed by atoms with E-state index in [0.717, 1.165) is 18.5 Å². The topological polar surface area (TPSA) is 12.0 Å². The van der Waals surface area contributed by atoms with Crippen LogP contribution in [0.15, 0.2) is 30.3 Å². The second kappa shape index (κ2) is 4.24. The zero-order valence-electron chi connectivity index (χ0n) is 9.66. The number of nitrogens with one attached hydrogen (secondary N) is 1. The predicted molar refractivity (Wildman–Crippen MR) is 69.8 cm³/mol. The van der Waals surface area contributed by atoms with Gasteiger partial charge in [0.1, 0.15) is 5.82 Å². The summed E-state index contributed by atoms with van der Waals surface area (Å²) < 4.78 is 13.2. The van der Waals surface area contributed by atoms with Crippen LogP contribution in [0, 0.1) is 5.82 Å². The molecule has 2 aromatic rings. The summed E-state index contributed by atoms with van der Waals surface area (Å²) in [6.07, 6.45) is 1.08. The van der Waals surface area contributed by atoms with Crippen LogP contribution in [0.2, 0.25) is 0 Å². The molecule has 1 aliphatic rings. The molecule has 3 rings (SSSR count). The lowest BCUT2D eigenvalue weighted by molar-refractivity contribution is 0.547. The van der Waals surface area contributed by atoms with E-state index in [2.05, 4.69) is 18.3 Å². The van der Waals surface area contributed by atoms with Gasteiger partial charge >= 0.3 is 0 Å². The van der Waals surface area contributed by atoms with Crippen LogP contribution < -0.4 is 5.32 Å². The Balaban J connectivity index is 2.05. The summed E-state index contributed by atoms with van der Waals surface area (Å²) in [4.78, 5) is 2.61. The second-order valence-corrected chi connectivity index (χ2v) is 5.56. The van der Waals surface area contributed by atoms with Crippen molar-refractivity contribution in [1.29, 1.82) is 0 Å². The molecule has 3 heteroatoms. The molecule has 0 aliphatic carbocycles. The smallest absolute Gasteiger partial charge is 0.123 e. The van der Waals surface area contributed by atoms with Crippen LogP contribution in [0.5, 0.6) is 0 Å². The molecule has 1 aromatic heterocycles. The van der Waals surface area contributed by atoms with Gasteiger partial charge in [0.05, 0.1) is 0 Å². The Bertz CT molecular complexity index is 547. The van der Waals surface area contributed by atoms with Crippen molar-refractivity contribution in [2.45, 2.75) is 19.4 Å². The van der Waals surface area contributed by atoms with Crippen LogP contribution in [-0.2, 0) is 6.42 Å². The van der Waals surface area contributed by atoms with Crippen LogP contribution in [0.4, 0.5) is 4.39 Å². The standard InChI is InChI=1S/C14H14FNS/c1-9-12-8-14(17-13(12)5-6-16-9)10-3-2-4-11(15)7-10/h2-4,7-9,16H,5-6H2,1H3. The van der Waals surface area contributed by atoms with Crippen molar-refractivity contribution in [2.24, 2.45) is 0 Å². The molecule has 0 saturated heterocycles. The van der Waals surface area contributed by atoms with E-state index in [4.69, 9.17) is 0 Å². The summed E-state index contributed by atoms with van der Waals surface area (Å²) in [6, 6.07) is 9.45. The molecule has 1 N–H and O–H groups in total. The molecular formula is C14H14FNS. The average molecular weight is 247 g/mol. The highest BCUT2D eigenvalue weighted by molar-refractivity contribution is 7.15. The second-order valence-electron chi connectivity index (χ2n) is 4.43. The molecule has 88 valence electrons. The molecule has 1 nitrogen and oxygen atoms in total. The maximum absolute atomic E-state index is 13.2. The molecule has 0 amide bonds. The average Bonchev–Trinajstić information content (AvgIpc) is 2.74. The van der Waals surface area contributed by atoms with Crippen molar-refractivity contribution in [2.75, 3.05) is 6.54 Å². The van der Waals surface area contributed by atoms with Gasteiger partial charge in [-0.1, -0.05) is 12.1 Å². The van der Waals surface area contributed by atoms with Crippen molar-refractivity contribution in [3.8, 4) is 10.4 Å². The largest absolute Gasteiger partial charge is 0.310 e. The maximum atomic E-state index is 13.2. The Morgan fingerprint density at radius 3 is 3.00 bits per heavy atom. The fourth-order valence-corrected chi connectivity index (χ4v) is 3.55. The van der Waals surface area contributed by atoms with Crippen molar-refractivity contribution in [1.82, 2.24) is 5.32 Å². The van der Waals surface area contributed by atoms with E-state index in [0.29, 0.717) is 6.04 Å². The molecule has 1 aliphatic heterocycles. The minimum Gasteiger partial charge on any atom is -0.310 e. The Labute approximate surface area is 104 Å². The molecular weight excluding hydrogens is 233 g/mol. The summed E-state index contributed by atoms with van der Waals surface area (Å²) in [5.41, 5.74) is 2.36. The van der Waals surface area contributed by atoms with Gasteiger partial charge in [0, 0.05) is 22.3 Å². The number of rotatable bonds is 1. The zero-order chi connectivity index (χ0) is 11.8. The quantitative estimate of drug-likeness (QED) is 0.809. The number of benzene rings is 1. The normalized spacial score (nSPS) is 19.1. The van der Waals surface area contributed by atoms with Crippen LogP contribution >= 0.6 is 11.3 Å². The molecule has 0 bridgehead atoms. The highest BCUT2D eigenvalue weighted by atomic mass is 32.1. The Kier molecular flexibility index (Phi) is 2.73. The van der Waals surface area contributed by atoms with Crippen LogP contribution in [0.25, 0.3) is 10.4 Å². The van der Waals surface area contributed by atoms with Gasteiger partial charge in [-0.2, -0.15) is 0 Å². The Morgan fingerprint density at radius 1 is 1.35 bits per heavy atom. The number of hydrogen-bond donors (Lipinski definition) is 1. The Hall–Kier alpha value is -1.19. The first kappa shape index (κ1) is 10.9. The van der Waals surface area contributed by atoms with Gasteiger partial charge in [0.25, 0.3) is 0 Å². The maximum Gasteiger partial charge on any atom is 0.123 e. The fourth-order valence-electron chi connectivity index (χ4n) is 2.30. The van der Waals surface area contributed by atoms with E-state index in [1.54, 1.807) is 23.5 Å². The molecule has 1 atom stereocenters. The van der Waals surface area contributed by atoms with Crippen molar-refractivity contribution in [3.05, 3.63) is 46.6 Å². The molecule has 1 aromatic carbocycles. The summed E-state index contributed by atoms with van der Waals surface area (Å²) in [6.45, 7) is 3.22. The predicted octanol–water partition coefficient (Wildman–Crippen LogP) is 3.76. The molecule has 2 heterocycles. The SMILES string of the molecule is CC1NCCc2sc(-c3cccc(F)c3)cc21. The third-order valence-corrected chi connectivity index (χ3v) is 4.48. The van der Waals surface area contributed by atoms with Crippen LogP contribution in [0.1, 0.15) is 23.4 Å². The zero-order valence-corrected chi connectivity index (χ0v) is 10.5. The molecule has 0 spiro atoms. The van der Waals surface area contributed by atoms with Crippen LogP contribution in [0.3, 0.4) is 0 Å². The number of halogens is 1. The van der Waals surface area contributed by atoms with Crippen molar-refractivity contribution < 1.29 is 4.39 Å². The highest BCUT2D eigenvalue weighted by Crippen LogP contribution is 2.36. The monoisotopic (exact) mass is 247 g/mol. The van der Waals surface area contributed by atoms with E-state index in [1.807, 2.05) is 6.07 Å². The van der Waals surface area contributed by atoms with Gasteiger partial charge in [-0.15, -0.1) is 11.3 Å². The minimum atomic E-state index is -0.167. The van der Waals surface area contributed by atoms with Crippen molar-refractivity contribution in [3.63, 3.8) is 0 Å². The van der Waals surface area contributed by atoms with Gasteiger partial charge < -0.3 is 5.32 Å². The van der Waals surface area contributed by atoms with E-state index in [1.165, 1.54) is 21.4 Å². The molecule has 0 radical (unpaired) electrons. The van der Waals surface area contributed by atoms with Gasteiger partial charge in [0.2, 0.25) is 0 Å². The first-order valence-corrected chi connectivity index (χ1v) is 6.67. The lowest BCUT2D eigenvalue weighted by Crippen LogP contribution is -2.26. The number of hydrogen-bond acceptors (Lipinski definition) is 2. The fraction of sp³-hybridized carbons (Fsp3) is 0.286. The van der Waals surface area contributed by atoms with Gasteiger partial charge in [-0.25, -0.2) is 4.39 Å². The summed E-state index contributed by atoms with van der Waals surface area (Å²) in [5, 5.41) is 3.45. The van der Waals surface area contributed by atoms with Gasteiger partial charge in [0.15, 0.2) is 0 Å². The summed E-state index contributed by atoms with van der Waals surface area (Å²) >= 11 is 1.79. The molecule has 1 unspecified atom stereocenters. The first-order chi connectivity index (χ1) is 8.24. The van der Waals surface area contributed by atoms with E-state index in [-0.39, 0.29) is 5.82 Å².